The SMILES string of the molecule is Cc1ccsc1C(=O)C=Cc1ccccn1. The number of carbonyl (C=O) groups excluding carboxylic acids is 1. The van der Waals surface area contributed by atoms with Crippen molar-refractivity contribution in [2.45, 2.75) is 6.92 Å². The Bertz CT molecular complexity index is 514. The molecule has 0 radical (unpaired) electrons. The molecule has 0 bridgehead atoms. The number of rotatable bonds is 3. The minimum atomic E-state index is 0.0400. The van der Waals surface area contributed by atoms with Gasteiger partial charge in [0.15, 0.2) is 5.78 Å². The van der Waals surface area contributed by atoms with Crippen molar-refractivity contribution in [3.63, 3.8) is 0 Å². The van der Waals surface area contributed by atoms with Crippen molar-refractivity contribution in [2.24, 2.45) is 0 Å². The van der Waals surface area contributed by atoms with Gasteiger partial charge in [0, 0.05) is 6.20 Å². The van der Waals surface area contributed by atoms with E-state index >= 15 is 0 Å². The van der Waals surface area contributed by atoms with Crippen molar-refractivity contribution < 1.29 is 4.79 Å². The maximum atomic E-state index is 11.8. The molecule has 0 atom stereocenters. The first-order valence-corrected chi connectivity index (χ1v) is 5.83. The Balaban J connectivity index is 2.15. The van der Waals surface area contributed by atoms with Gasteiger partial charge in [-0.3, -0.25) is 9.78 Å². The molecule has 0 aromatic carbocycles. The number of allylic oxidation sites excluding steroid dienone is 1. The first-order valence-electron chi connectivity index (χ1n) is 4.95. The van der Waals surface area contributed by atoms with Gasteiger partial charge < -0.3 is 0 Å². The van der Waals surface area contributed by atoms with E-state index in [-0.39, 0.29) is 5.78 Å². The Kier molecular flexibility index (Phi) is 3.27. The van der Waals surface area contributed by atoms with Gasteiger partial charge in [0.05, 0.1) is 10.6 Å². The van der Waals surface area contributed by atoms with Gasteiger partial charge in [-0.15, -0.1) is 11.3 Å². The van der Waals surface area contributed by atoms with E-state index < -0.39 is 0 Å². The van der Waals surface area contributed by atoms with Crippen LogP contribution in [0, 0.1) is 6.92 Å². The molecule has 16 heavy (non-hydrogen) atoms. The summed E-state index contributed by atoms with van der Waals surface area (Å²) in [4.78, 5) is 16.7. The maximum absolute atomic E-state index is 11.8. The number of pyridine rings is 1. The molecule has 2 rings (SSSR count). The molecule has 0 N–H and O–H groups in total. The van der Waals surface area contributed by atoms with Gasteiger partial charge in [0.2, 0.25) is 0 Å². The highest BCUT2D eigenvalue weighted by Crippen LogP contribution is 2.16. The zero-order chi connectivity index (χ0) is 11.4. The molecule has 0 aliphatic carbocycles. The summed E-state index contributed by atoms with van der Waals surface area (Å²) in [6, 6.07) is 7.56. The molecule has 0 saturated heterocycles. The second-order valence-electron chi connectivity index (χ2n) is 3.38. The van der Waals surface area contributed by atoms with Gasteiger partial charge in [-0.25, -0.2) is 0 Å². The molecule has 2 heterocycles. The van der Waals surface area contributed by atoms with Crippen LogP contribution in [0.1, 0.15) is 20.9 Å². The Morgan fingerprint density at radius 1 is 1.38 bits per heavy atom. The van der Waals surface area contributed by atoms with Crippen LogP contribution in [0.5, 0.6) is 0 Å². The predicted octanol–water partition coefficient (Wildman–Crippen LogP) is 3.35. The highest BCUT2D eigenvalue weighted by molar-refractivity contribution is 7.12. The molecule has 0 aliphatic heterocycles. The highest BCUT2D eigenvalue weighted by Gasteiger charge is 2.06. The number of carbonyl (C=O) groups is 1. The highest BCUT2D eigenvalue weighted by atomic mass is 32.1. The Hall–Kier alpha value is -1.74. The van der Waals surface area contributed by atoms with Crippen LogP contribution in [0.15, 0.2) is 41.9 Å². The first kappa shape index (κ1) is 10.8. The summed E-state index contributed by atoms with van der Waals surface area (Å²) >= 11 is 1.47. The monoisotopic (exact) mass is 229 g/mol. The Morgan fingerprint density at radius 3 is 2.88 bits per heavy atom. The van der Waals surface area contributed by atoms with Gasteiger partial charge in [-0.1, -0.05) is 6.07 Å². The predicted molar refractivity (Wildman–Crippen MR) is 66.7 cm³/mol. The third-order valence-electron chi connectivity index (χ3n) is 2.18. The fourth-order valence-electron chi connectivity index (χ4n) is 1.34. The molecule has 0 saturated carbocycles. The number of thiophene rings is 1. The lowest BCUT2D eigenvalue weighted by molar-refractivity contribution is 0.105. The molecule has 0 amide bonds. The minimum absolute atomic E-state index is 0.0400. The van der Waals surface area contributed by atoms with E-state index in [9.17, 15) is 4.79 Å². The van der Waals surface area contributed by atoms with Crippen LogP contribution in [0.2, 0.25) is 0 Å². The lowest BCUT2D eigenvalue weighted by Crippen LogP contribution is -1.92. The lowest BCUT2D eigenvalue weighted by atomic mass is 10.2. The second kappa shape index (κ2) is 4.86. The summed E-state index contributed by atoms with van der Waals surface area (Å²) in [5, 5.41) is 1.93. The Labute approximate surface area is 98.3 Å². The lowest BCUT2D eigenvalue weighted by Gasteiger charge is -1.93. The van der Waals surface area contributed by atoms with Crippen LogP contribution in [-0.2, 0) is 0 Å². The molecule has 0 spiro atoms. The molecular formula is C13H11NOS. The molecule has 2 aromatic heterocycles. The van der Waals surface area contributed by atoms with Crippen molar-refractivity contribution in [3.8, 4) is 0 Å². The summed E-state index contributed by atoms with van der Waals surface area (Å²) < 4.78 is 0. The molecule has 3 heteroatoms. The zero-order valence-corrected chi connectivity index (χ0v) is 9.70. The zero-order valence-electron chi connectivity index (χ0n) is 8.88. The number of aromatic nitrogens is 1. The van der Waals surface area contributed by atoms with Gasteiger partial charge in [-0.2, -0.15) is 0 Å². The number of aryl methyl sites for hydroxylation is 1. The van der Waals surface area contributed by atoms with E-state index in [2.05, 4.69) is 4.98 Å². The summed E-state index contributed by atoms with van der Waals surface area (Å²) in [6.45, 7) is 1.94. The van der Waals surface area contributed by atoms with Crippen LogP contribution in [0.25, 0.3) is 6.08 Å². The van der Waals surface area contributed by atoms with Crippen molar-refractivity contribution in [1.82, 2.24) is 4.98 Å². The average Bonchev–Trinajstić information content (AvgIpc) is 2.74. The Morgan fingerprint density at radius 2 is 2.25 bits per heavy atom. The second-order valence-corrected chi connectivity index (χ2v) is 4.30. The molecular weight excluding hydrogens is 218 g/mol. The van der Waals surface area contributed by atoms with E-state index in [1.165, 1.54) is 11.3 Å². The fourth-order valence-corrected chi connectivity index (χ4v) is 2.18. The summed E-state index contributed by atoms with van der Waals surface area (Å²) in [7, 11) is 0. The van der Waals surface area contributed by atoms with Gasteiger partial charge in [0.1, 0.15) is 0 Å². The quantitative estimate of drug-likeness (QED) is 0.596. The first-order chi connectivity index (χ1) is 7.77. The number of hydrogen-bond acceptors (Lipinski definition) is 3. The number of hydrogen-bond donors (Lipinski definition) is 0. The largest absolute Gasteiger partial charge is 0.288 e. The van der Waals surface area contributed by atoms with Crippen molar-refractivity contribution in [2.75, 3.05) is 0 Å². The third-order valence-corrected chi connectivity index (χ3v) is 3.21. The van der Waals surface area contributed by atoms with E-state index in [4.69, 9.17) is 0 Å². The molecule has 2 nitrogen and oxygen atoms in total. The van der Waals surface area contributed by atoms with Crippen LogP contribution >= 0.6 is 11.3 Å². The maximum Gasteiger partial charge on any atom is 0.196 e. The van der Waals surface area contributed by atoms with Crippen LogP contribution in [0.4, 0.5) is 0 Å². The van der Waals surface area contributed by atoms with Crippen LogP contribution in [0.3, 0.4) is 0 Å². The molecule has 80 valence electrons. The van der Waals surface area contributed by atoms with Crippen molar-refractivity contribution in [1.29, 1.82) is 0 Å². The summed E-state index contributed by atoms with van der Waals surface area (Å²) in [5.41, 5.74) is 1.82. The van der Waals surface area contributed by atoms with E-state index in [0.717, 1.165) is 16.1 Å². The topological polar surface area (TPSA) is 30.0 Å². The average molecular weight is 229 g/mol. The van der Waals surface area contributed by atoms with Crippen molar-refractivity contribution in [3.05, 3.63) is 58.1 Å². The molecule has 0 fully saturated rings. The smallest absolute Gasteiger partial charge is 0.196 e. The van der Waals surface area contributed by atoms with Crippen LogP contribution in [-0.4, -0.2) is 10.8 Å². The van der Waals surface area contributed by atoms with E-state index in [1.807, 2.05) is 36.6 Å². The molecule has 0 aliphatic rings. The van der Waals surface area contributed by atoms with Gasteiger partial charge in [0.25, 0.3) is 0 Å². The van der Waals surface area contributed by atoms with Crippen LogP contribution < -0.4 is 0 Å². The van der Waals surface area contributed by atoms with E-state index in [1.54, 1.807) is 18.3 Å². The van der Waals surface area contributed by atoms with Gasteiger partial charge in [-0.05, 0) is 48.2 Å². The van der Waals surface area contributed by atoms with Gasteiger partial charge >= 0.3 is 0 Å². The summed E-state index contributed by atoms with van der Waals surface area (Å²) in [5.74, 6) is 0.0400. The number of ketones is 1. The standard InChI is InChI=1S/C13H11NOS/c1-10-7-9-16-13(10)12(15)6-5-11-4-2-3-8-14-11/h2-9H,1H3. The minimum Gasteiger partial charge on any atom is -0.288 e. The molecule has 0 unspecified atom stereocenters. The summed E-state index contributed by atoms with van der Waals surface area (Å²) in [6.07, 6.45) is 5.02. The fraction of sp³-hybridized carbons (Fsp3) is 0.0769. The number of nitrogens with zero attached hydrogens (tertiary/aromatic N) is 1. The molecule has 2 aromatic rings. The third kappa shape index (κ3) is 2.44. The van der Waals surface area contributed by atoms with E-state index in [0.29, 0.717) is 0 Å². The van der Waals surface area contributed by atoms with Crippen molar-refractivity contribution >= 4 is 23.2 Å². The normalized spacial score (nSPS) is 10.8.